The van der Waals surface area contributed by atoms with Crippen LogP contribution >= 0.6 is 0 Å². The van der Waals surface area contributed by atoms with E-state index in [1.807, 2.05) is 6.07 Å². The van der Waals surface area contributed by atoms with Gasteiger partial charge in [0.05, 0.1) is 17.3 Å². The van der Waals surface area contributed by atoms with Gasteiger partial charge >= 0.3 is 6.18 Å². The number of H-pyrrole nitrogens is 1. The number of aromatic amines is 1. The van der Waals surface area contributed by atoms with Crippen molar-refractivity contribution in [1.29, 1.82) is 0 Å². The molecule has 2 aromatic heterocycles. The summed E-state index contributed by atoms with van der Waals surface area (Å²) in [4.78, 5) is 21.5. The monoisotopic (exact) mass is 373 g/mol. The molecule has 3 heterocycles. The maximum Gasteiger partial charge on any atom is 0.416 e. The minimum atomic E-state index is -4.36. The van der Waals surface area contributed by atoms with Crippen LogP contribution in [0.3, 0.4) is 0 Å². The third kappa shape index (κ3) is 3.41. The number of halogens is 3. The second-order valence-corrected chi connectivity index (χ2v) is 6.80. The second-order valence-electron chi connectivity index (χ2n) is 6.80. The Hall–Kier alpha value is -2.83. The minimum Gasteiger partial charge on any atom is -0.349 e. The first kappa shape index (κ1) is 17.6. The quantitative estimate of drug-likeness (QED) is 0.714. The number of hydrogen-bond donors (Lipinski definition) is 1. The van der Waals surface area contributed by atoms with E-state index >= 15 is 0 Å². The average Bonchev–Trinajstić information content (AvgIpc) is 3.11. The summed E-state index contributed by atoms with van der Waals surface area (Å²) in [6.07, 6.45) is -0.0103. The number of benzene rings is 1. The Morgan fingerprint density at radius 3 is 2.59 bits per heavy atom. The lowest BCUT2D eigenvalue weighted by atomic mass is 9.86. The molecule has 1 saturated heterocycles. The van der Waals surface area contributed by atoms with Crippen LogP contribution in [0.5, 0.6) is 0 Å². The SMILES string of the molecule is O=C(c1cc2ccncc2[nH]1)N1CCC(c2ccccc2C(F)(F)F)CC1. The zero-order chi connectivity index (χ0) is 19.0. The number of fused-ring (bicyclic) bond motifs is 1. The second kappa shape index (κ2) is 6.72. The molecule has 3 aromatic rings. The van der Waals surface area contributed by atoms with Crippen molar-refractivity contribution in [1.82, 2.24) is 14.9 Å². The van der Waals surface area contributed by atoms with Gasteiger partial charge in [-0.1, -0.05) is 18.2 Å². The summed E-state index contributed by atoms with van der Waals surface area (Å²) in [5.41, 5.74) is 1.02. The fraction of sp³-hybridized carbons (Fsp3) is 0.300. The number of alkyl halides is 3. The van der Waals surface area contributed by atoms with E-state index in [-0.39, 0.29) is 11.8 Å². The molecular weight excluding hydrogens is 355 g/mol. The van der Waals surface area contributed by atoms with Crippen LogP contribution in [0.1, 0.15) is 40.4 Å². The molecule has 1 aliphatic rings. The number of pyridine rings is 1. The molecule has 4 nitrogen and oxygen atoms in total. The Bertz CT molecular complexity index is 939. The van der Waals surface area contributed by atoms with E-state index in [1.54, 1.807) is 35.5 Å². The van der Waals surface area contributed by atoms with E-state index in [1.165, 1.54) is 6.07 Å². The number of hydrogen-bond acceptors (Lipinski definition) is 2. The van der Waals surface area contributed by atoms with Gasteiger partial charge in [-0.05, 0) is 42.5 Å². The smallest absolute Gasteiger partial charge is 0.349 e. The van der Waals surface area contributed by atoms with Gasteiger partial charge in [-0.2, -0.15) is 13.2 Å². The Kier molecular flexibility index (Phi) is 4.37. The summed E-state index contributed by atoms with van der Waals surface area (Å²) >= 11 is 0. The molecule has 0 bridgehead atoms. The third-order valence-corrected chi connectivity index (χ3v) is 5.14. The maximum atomic E-state index is 13.3. The average molecular weight is 373 g/mol. The first-order valence-corrected chi connectivity index (χ1v) is 8.81. The van der Waals surface area contributed by atoms with Crippen LogP contribution in [0.25, 0.3) is 10.9 Å². The number of piperidine rings is 1. The van der Waals surface area contributed by atoms with Gasteiger partial charge in [0.15, 0.2) is 0 Å². The number of carbonyl (C=O) groups excluding carboxylic acids is 1. The van der Waals surface area contributed by atoms with Gasteiger partial charge in [0.1, 0.15) is 5.69 Å². The normalized spacial score (nSPS) is 16.0. The number of nitrogens with one attached hydrogen (secondary N) is 1. The summed E-state index contributed by atoms with van der Waals surface area (Å²) in [5, 5.41) is 0.905. The molecule has 27 heavy (non-hydrogen) atoms. The number of nitrogens with zero attached hydrogens (tertiary/aromatic N) is 2. The van der Waals surface area contributed by atoms with Crippen LogP contribution in [0, 0.1) is 0 Å². The highest BCUT2D eigenvalue weighted by atomic mass is 19.4. The molecule has 1 aliphatic heterocycles. The molecule has 1 N–H and O–H groups in total. The Labute approximate surface area is 154 Å². The Morgan fingerprint density at radius 1 is 1.15 bits per heavy atom. The summed E-state index contributed by atoms with van der Waals surface area (Å²) in [7, 11) is 0. The van der Waals surface area contributed by atoms with Crippen LogP contribution in [0.15, 0.2) is 48.8 Å². The number of rotatable bonds is 2. The molecule has 1 aromatic carbocycles. The number of amides is 1. The van der Waals surface area contributed by atoms with Gasteiger partial charge < -0.3 is 9.88 Å². The van der Waals surface area contributed by atoms with Crippen LogP contribution in [0.2, 0.25) is 0 Å². The van der Waals surface area contributed by atoms with Gasteiger partial charge in [-0.15, -0.1) is 0 Å². The van der Waals surface area contributed by atoms with Crippen molar-refractivity contribution in [3.63, 3.8) is 0 Å². The Balaban J connectivity index is 1.49. The van der Waals surface area contributed by atoms with E-state index < -0.39 is 11.7 Å². The van der Waals surface area contributed by atoms with Crippen molar-refractivity contribution >= 4 is 16.8 Å². The molecule has 0 saturated carbocycles. The van der Waals surface area contributed by atoms with E-state index in [0.717, 1.165) is 17.0 Å². The number of carbonyl (C=O) groups is 1. The van der Waals surface area contributed by atoms with E-state index in [0.29, 0.717) is 37.2 Å². The molecule has 4 rings (SSSR count). The van der Waals surface area contributed by atoms with Gasteiger partial charge in [0, 0.05) is 24.7 Å². The van der Waals surface area contributed by atoms with Crippen molar-refractivity contribution in [2.75, 3.05) is 13.1 Å². The molecule has 0 spiro atoms. The molecule has 0 atom stereocenters. The topological polar surface area (TPSA) is 49.0 Å². The summed E-state index contributed by atoms with van der Waals surface area (Å²) in [6.45, 7) is 0.868. The van der Waals surface area contributed by atoms with Gasteiger partial charge in [0.25, 0.3) is 5.91 Å². The summed E-state index contributed by atoms with van der Waals surface area (Å²) in [6, 6.07) is 9.34. The van der Waals surface area contributed by atoms with Gasteiger partial charge in [-0.3, -0.25) is 9.78 Å². The van der Waals surface area contributed by atoms with Gasteiger partial charge in [-0.25, -0.2) is 0 Å². The third-order valence-electron chi connectivity index (χ3n) is 5.14. The first-order chi connectivity index (χ1) is 12.9. The number of likely N-dealkylation sites (tertiary alicyclic amines) is 1. The van der Waals surface area contributed by atoms with Crippen molar-refractivity contribution in [3.05, 3.63) is 65.6 Å². The highest BCUT2D eigenvalue weighted by Gasteiger charge is 2.36. The predicted octanol–water partition coefficient (Wildman–Crippen LogP) is 4.60. The first-order valence-electron chi connectivity index (χ1n) is 8.81. The standard InChI is InChI=1S/C20H18F3N3O/c21-20(22,23)16-4-2-1-3-15(16)13-6-9-26(10-7-13)19(27)17-11-14-5-8-24-12-18(14)25-17/h1-5,8,11-13,25H,6-7,9-10H2. The van der Waals surface area contributed by atoms with Crippen molar-refractivity contribution in [3.8, 4) is 0 Å². The summed E-state index contributed by atoms with van der Waals surface area (Å²) in [5.74, 6) is -0.326. The molecule has 0 radical (unpaired) electrons. The number of aromatic nitrogens is 2. The van der Waals surface area contributed by atoms with Crippen LogP contribution in [-0.4, -0.2) is 33.9 Å². The van der Waals surface area contributed by atoms with Crippen LogP contribution in [0.4, 0.5) is 13.2 Å². The zero-order valence-electron chi connectivity index (χ0n) is 14.5. The summed E-state index contributed by atoms with van der Waals surface area (Å²) < 4.78 is 39.8. The highest BCUT2D eigenvalue weighted by Crippen LogP contribution is 2.38. The fourth-order valence-electron chi connectivity index (χ4n) is 3.76. The minimum absolute atomic E-state index is 0.131. The molecule has 1 amide bonds. The van der Waals surface area contributed by atoms with Gasteiger partial charge in [0.2, 0.25) is 0 Å². The maximum absolute atomic E-state index is 13.3. The zero-order valence-corrected chi connectivity index (χ0v) is 14.5. The predicted molar refractivity (Wildman–Crippen MR) is 95.4 cm³/mol. The highest BCUT2D eigenvalue weighted by molar-refractivity contribution is 5.97. The molecule has 0 unspecified atom stereocenters. The van der Waals surface area contributed by atoms with Crippen molar-refractivity contribution in [2.45, 2.75) is 24.9 Å². The van der Waals surface area contributed by atoms with E-state index in [4.69, 9.17) is 0 Å². The van der Waals surface area contributed by atoms with Crippen LogP contribution < -0.4 is 0 Å². The largest absolute Gasteiger partial charge is 0.416 e. The molecular formula is C20H18F3N3O. The molecule has 0 aliphatic carbocycles. The van der Waals surface area contributed by atoms with Crippen molar-refractivity contribution < 1.29 is 18.0 Å². The molecule has 140 valence electrons. The lowest BCUT2D eigenvalue weighted by Gasteiger charge is -2.33. The van der Waals surface area contributed by atoms with E-state index in [2.05, 4.69) is 9.97 Å². The lowest BCUT2D eigenvalue weighted by Crippen LogP contribution is -2.38. The lowest BCUT2D eigenvalue weighted by molar-refractivity contribution is -0.138. The Morgan fingerprint density at radius 2 is 1.89 bits per heavy atom. The fourth-order valence-corrected chi connectivity index (χ4v) is 3.76. The molecule has 1 fully saturated rings. The molecule has 7 heteroatoms. The van der Waals surface area contributed by atoms with E-state index in [9.17, 15) is 18.0 Å². The van der Waals surface area contributed by atoms with Crippen LogP contribution in [-0.2, 0) is 6.18 Å². The van der Waals surface area contributed by atoms with Crippen molar-refractivity contribution in [2.24, 2.45) is 0 Å².